The van der Waals surface area contributed by atoms with E-state index in [1.165, 1.54) is 10.9 Å². The van der Waals surface area contributed by atoms with Crippen molar-refractivity contribution < 1.29 is 4.79 Å². The predicted octanol–water partition coefficient (Wildman–Crippen LogP) is 2.51. The van der Waals surface area contributed by atoms with Gasteiger partial charge in [0.2, 0.25) is 0 Å². The van der Waals surface area contributed by atoms with Gasteiger partial charge in [-0.3, -0.25) is 10.1 Å². The summed E-state index contributed by atoms with van der Waals surface area (Å²) in [6, 6.07) is 16.2. The van der Waals surface area contributed by atoms with Gasteiger partial charge in [-0.2, -0.15) is 0 Å². The van der Waals surface area contributed by atoms with E-state index < -0.39 is 5.54 Å². The zero-order chi connectivity index (χ0) is 14.7. The molecule has 2 aliphatic rings. The summed E-state index contributed by atoms with van der Waals surface area (Å²) in [5, 5.41) is 7.71. The fraction of sp³-hybridized carbons (Fsp3) is 0.167. The Balaban J connectivity index is 1.87. The van der Waals surface area contributed by atoms with Gasteiger partial charge in [-0.15, -0.1) is 0 Å². The van der Waals surface area contributed by atoms with E-state index in [-0.39, 0.29) is 5.91 Å². The van der Waals surface area contributed by atoms with Gasteiger partial charge in [0, 0.05) is 28.7 Å². The van der Waals surface area contributed by atoms with E-state index in [0.29, 0.717) is 0 Å². The molecule has 1 spiro atoms. The van der Waals surface area contributed by atoms with Gasteiger partial charge >= 0.3 is 0 Å². The number of carbonyl (C=O) groups excluding carboxylic acids is 1. The second-order valence-electron chi connectivity index (χ2n) is 5.95. The summed E-state index contributed by atoms with van der Waals surface area (Å²) in [4.78, 5) is 16.4. The molecule has 22 heavy (non-hydrogen) atoms. The summed E-state index contributed by atoms with van der Waals surface area (Å²) in [6.07, 6.45) is 0.927. The smallest absolute Gasteiger partial charge is 0.255 e. The van der Waals surface area contributed by atoms with Gasteiger partial charge in [0.15, 0.2) is 5.54 Å². The Labute approximate surface area is 127 Å². The molecular weight excluding hydrogens is 274 g/mol. The van der Waals surface area contributed by atoms with E-state index in [1.807, 2.05) is 36.4 Å². The molecule has 3 aromatic rings. The van der Waals surface area contributed by atoms with Gasteiger partial charge in [0.1, 0.15) is 0 Å². The highest BCUT2D eigenvalue weighted by Crippen LogP contribution is 2.44. The lowest BCUT2D eigenvalue weighted by Crippen LogP contribution is -2.53. The van der Waals surface area contributed by atoms with Crippen molar-refractivity contribution in [3.8, 4) is 0 Å². The second kappa shape index (κ2) is 3.99. The third-order valence-electron chi connectivity index (χ3n) is 4.87. The van der Waals surface area contributed by atoms with Crippen LogP contribution in [0.4, 0.5) is 5.69 Å². The number of carbonyl (C=O) groups is 1. The fourth-order valence-electron chi connectivity index (χ4n) is 3.92. The lowest BCUT2D eigenvalue weighted by Gasteiger charge is -2.33. The predicted molar refractivity (Wildman–Crippen MR) is 85.9 cm³/mol. The summed E-state index contributed by atoms with van der Waals surface area (Å²) in [6.45, 7) is 0.788. The molecule has 1 atom stereocenters. The highest BCUT2D eigenvalue weighted by atomic mass is 16.2. The highest BCUT2D eigenvalue weighted by Gasteiger charge is 2.51. The van der Waals surface area contributed by atoms with Gasteiger partial charge in [-0.05, 0) is 24.1 Å². The van der Waals surface area contributed by atoms with Crippen molar-refractivity contribution in [2.75, 3.05) is 11.9 Å². The topological polar surface area (TPSA) is 56.9 Å². The quantitative estimate of drug-likeness (QED) is 0.595. The van der Waals surface area contributed by atoms with Crippen LogP contribution in [-0.4, -0.2) is 17.4 Å². The van der Waals surface area contributed by atoms with Crippen LogP contribution >= 0.6 is 0 Å². The molecule has 2 aromatic carbocycles. The summed E-state index contributed by atoms with van der Waals surface area (Å²) < 4.78 is 0. The van der Waals surface area contributed by atoms with E-state index in [0.717, 1.165) is 35.4 Å². The van der Waals surface area contributed by atoms with E-state index in [9.17, 15) is 4.79 Å². The molecule has 4 heteroatoms. The van der Waals surface area contributed by atoms with Crippen LogP contribution in [0.15, 0.2) is 48.5 Å². The molecule has 3 heterocycles. The Kier molecular flexibility index (Phi) is 2.18. The maximum atomic E-state index is 12.9. The molecule has 1 amide bonds. The minimum Gasteiger partial charge on any atom is -0.356 e. The standard InChI is InChI=1S/C18H15N3O/c22-17-18(13-6-2-4-8-15(13)21-17)16-12(9-10-19-18)11-5-1-3-7-14(11)20-16/h1-8,19-20H,9-10H2,(H,21,22)/t18-/m1/s1. The fourth-order valence-corrected chi connectivity index (χ4v) is 3.92. The van der Waals surface area contributed by atoms with Crippen molar-refractivity contribution in [3.63, 3.8) is 0 Å². The monoisotopic (exact) mass is 289 g/mol. The van der Waals surface area contributed by atoms with Crippen LogP contribution in [0.2, 0.25) is 0 Å². The zero-order valence-corrected chi connectivity index (χ0v) is 11.9. The van der Waals surface area contributed by atoms with E-state index in [1.54, 1.807) is 0 Å². The summed E-state index contributed by atoms with van der Waals surface area (Å²) in [7, 11) is 0. The Morgan fingerprint density at radius 3 is 2.77 bits per heavy atom. The first-order valence-electron chi connectivity index (χ1n) is 7.57. The van der Waals surface area contributed by atoms with Crippen LogP contribution in [0.3, 0.4) is 0 Å². The molecule has 1 aromatic heterocycles. The van der Waals surface area contributed by atoms with Crippen LogP contribution in [-0.2, 0) is 16.8 Å². The number of aromatic amines is 1. The van der Waals surface area contributed by atoms with Crippen molar-refractivity contribution in [2.24, 2.45) is 0 Å². The van der Waals surface area contributed by atoms with Crippen LogP contribution in [0.25, 0.3) is 10.9 Å². The average molecular weight is 289 g/mol. The van der Waals surface area contributed by atoms with E-state index in [2.05, 4.69) is 27.8 Å². The van der Waals surface area contributed by atoms with Crippen LogP contribution < -0.4 is 10.6 Å². The van der Waals surface area contributed by atoms with Crippen molar-refractivity contribution in [1.82, 2.24) is 10.3 Å². The van der Waals surface area contributed by atoms with Crippen molar-refractivity contribution in [3.05, 3.63) is 65.4 Å². The molecule has 0 saturated carbocycles. The Bertz CT molecular complexity index is 927. The first-order chi connectivity index (χ1) is 10.8. The number of amides is 1. The van der Waals surface area contributed by atoms with Gasteiger partial charge in [-0.25, -0.2) is 0 Å². The molecule has 0 bridgehead atoms. The molecule has 0 saturated heterocycles. The number of para-hydroxylation sites is 2. The Hall–Kier alpha value is -2.59. The number of benzene rings is 2. The molecule has 0 radical (unpaired) electrons. The minimum absolute atomic E-state index is 0.00112. The van der Waals surface area contributed by atoms with Gasteiger partial charge < -0.3 is 10.3 Å². The van der Waals surface area contributed by atoms with Crippen molar-refractivity contribution >= 4 is 22.5 Å². The van der Waals surface area contributed by atoms with Crippen molar-refractivity contribution in [2.45, 2.75) is 12.0 Å². The third kappa shape index (κ3) is 1.28. The van der Waals surface area contributed by atoms with Crippen molar-refractivity contribution in [1.29, 1.82) is 0 Å². The average Bonchev–Trinajstić information content (AvgIpc) is 3.06. The van der Waals surface area contributed by atoms with Gasteiger partial charge in [-0.1, -0.05) is 36.4 Å². The molecule has 0 fully saturated rings. The molecule has 3 N–H and O–H groups in total. The molecule has 2 aliphatic heterocycles. The second-order valence-corrected chi connectivity index (χ2v) is 5.95. The molecule has 5 rings (SSSR count). The minimum atomic E-state index is -0.788. The largest absolute Gasteiger partial charge is 0.356 e. The normalized spacial score (nSPS) is 22.6. The number of H-pyrrole nitrogens is 1. The first kappa shape index (κ1) is 12.0. The summed E-state index contributed by atoms with van der Waals surface area (Å²) in [5.41, 5.74) is 4.44. The third-order valence-corrected chi connectivity index (χ3v) is 4.87. The number of fused-ring (bicyclic) bond motifs is 6. The summed E-state index contributed by atoms with van der Waals surface area (Å²) >= 11 is 0. The maximum Gasteiger partial charge on any atom is 0.255 e. The molecule has 0 aliphatic carbocycles. The number of nitrogens with one attached hydrogen (secondary N) is 3. The highest BCUT2D eigenvalue weighted by molar-refractivity contribution is 6.09. The summed E-state index contributed by atoms with van der Waals surface area (Å²) in [5.74, 6) is 0.00112. The SMILES string of the molecule is O=C1Nc2ccccc2[C@]12NCCc1c2[nH]c2ccccc12. The Morgan fingerprint density at radius 2 is 1.82 bits per heavy atom. The molecule has 0 unspecified atom stereocenters. The van der Waals surface area contributed by atoms with Gasteiger partial charge in [0.05, 0.1) is 5.69 Å². The molecule has 4 nitrogen and oxygen atoms in total. The molecular formula is C18H15N3O. The molecule has 108 valence electrons. The van der Waals surface area contributed by atoms with E-state index >= 15 is 0 Å². The van der Waals surface area contributed by atoms with Crippen LogP contribution in [0.5, 0.6) is 0 Å². The number of anilines is 1. The Morgan fingerprint density at radius 1 is 1.00 bits per heavy atom. The van der Waals surface area contributed by atoms with E-state index in [4.69, 9.17) is 0 Å². The first-order valence-corrected chi connectivity index (χ1v) is 7.57. The lowest BCUT2D eigenvalue weighted by atomic mass is 9.82. The number of rotatable bonds is 0. The van der Waals surface area contributed by atoms with Crippen LogP contribution in [0.1, 0.15) is 16.8 Å². The number of hydrogen-bond acceptors (Lipinski definition) is 2. The number of hydrogen-bond donors (Lipinski definition) is 3. The lowest BCUT2D eigenvalue weighted by molar-refractivity contribution is -0.120. The van der Waals surface area contributed by atoms with Crippen LogP contribution in [0, 0.1) is 0 Å². The zero-order valence-electron chi connectivity index (χ0n) is 11.9. The van der Waals surface area contributed by atoms with Gasteiger partial charge in [0.25, 0.3) is 5.91 Å². The maximum absolute atomic E-state index is 12.9. The number of aromatic nitrogens is 1.